The molecule has 0 saturated carbocycles. The van der Waals surface area contributed by atoms with Crippen molar-refractivity contribution in [3.63, 3.8) is 0 Å². The normalized spacial score (nSPS) is 12.5. The monoisotopic (exact) mass is 222 g/mol. The third kappa shape index (κ3) is 3.26. The van der Waals surface area contributed by atoms with E-state index in [2.05, 4.69) is 18.6 Å². The first-order valence-corrected chi connectivity index (χ1v) is 5.40. The molecule has 3 heteroatoms. The lowest BCUT2D eigenvalue weighted by atomic mass is 9.86. The number of aromatic hydroxyl groups is 1. The summed E-state index contributed by atoms with van der Waals surface area (Å²) in [6.07, 6.45) is 0.345. The largest absolute Gasteiger partial charge is 0.508 e. The molecular weight excluding hydrogens is 204 g/mol. The van der Waals surface area contributed by atoms with Crippen molar-refractivity contribution in [3.8, 4) is 5.75 Å². The van der Waals surface area contributed by atoms with Crippen molar-refractivity contribution in [2.24, 2.45) is 5.92 Å². The molecule has 1 aromatic carbocycles. The Bertz CT molecular complexity index is 358. The van der Waals surface area contributed by atoms with Crippen LogP contribution in [0.25, 0.3) is 0 Å². The fourth-order valence-corrected chi connectivity index (χ4v) is 1.76. The summed E-state index contributed by atoms with van der Waals surface area (Å²) in [4.78, 5) is 11.3. The molecule has 0 amide bonds. The van der Waals surface area contributed by atoms with Crippen LogP contribution in [0.5, 0.6) is 5.75 Å². The second kappa shape index (κ2) is 5.54. The molecule has 0 saturated heterocycles. The predicted molar refractivity (Wildman–Crippen MR) is 62.3 cm³/mol. The van der Waals surface area contributed by atoms with Gasteiger partial charge in [0.25, 0.3) is 0 Å². The molecule has 16 heavy (non-hydrogen) atoms. The Kier molecular flexibility index (Phi) is 4.35. The van der Waals surface area contributed by atoms with Gasteiger partial charge in [0.15, 0.2) is 0 Å². The van der Waals surface area contributed by atoms with Gasteiger partial charge in [0.2, 0.25) is 0 Å². The molecule has 0 radical (unpaired) electrons. The van der Waals surface area contributed by atoms with E-state index in [1.54, 1.807) is 18.2 Å². The van der Waals surface area contributed by atoms with Crippen LogP contribution >= 0.6 is 0 Å². The molecule has 1 atom stereocenters. The van der Waals surface area contributed by atoms with Crippen LogP contribution in [0.1, 0.15) is 31.7 Å². The van der Waals surface area contributed by atoms with Crippen LogP contribution in [0.4, 0.5) is 0 Å². The first kappa shape index (κ1) is 12.6. The van der Waals surface area contributed by atoms with Gasteiger partial charge in [-0.1, -0.05) is 26.0 Å². The van der Waals surface area contributed by atoms with Crippen LogP contribution in [0.3, 0.4) is 0 Å². The van der Waals surface area contributed by atoms with E-state index in [9.17, 15) is 9.90 Å². The van der Waals surface area contributed by atoms with Gasteiger partial charge in [-0.3, -0.25) is 4.79 Å². The number of benzene rings is 1. The van der Waals surface area contributed by atoms with Crippen molar-refractivity contribution < 1.29 is 14.6 Å². The zero-order valence-electron chi connectivity index (χ0n) is 9.93. The average molecular weight is 222 g/mol. The van der Waals surface area contributed by atoms with Crippen LogP contribution in [0, 0.1) is 5.92 Å². The first-order valence-electron chi connectivity index (χ1n) is 5.40. The van der Waals surface area contributed by atoms with Gasteiger partial charge in [0.05, 0.1) is 13.5 Å². The van der Waals surface area contributed by atoms with Gasteiger partial charge in [0, 0.05) is 0 Å². The molecule has 0 spiro atoms. The lowest BCUT2D eigenvalue weighted by Crippen LogP contribution is -2.13. The van der Waals surface area contributed by atoms with Crippen molar-refractivity contribution >= 4 is 5.97 Å². The number of hydrogen-bond acceptors (Lipinski definition) is 3. The number of ether oxygens (including phenoxy) is 1. The Morgan fingerprint density at radius 2 is 2.12 bits per heavy atom. The smallest absolute Gasteiger partial charge is 0.306 e. The van der Waals surface area contributed by atoms with Gasteiger partial charge in [0.1, 0.15) is 5.75 Å². The molecule has 1 unspecified atom stereocenters. The summed E-state index contributed by atoms with van der Waals surface area (Å²) in [5.41, 5.74) is 0.973. The maximum Gasteiger partial charge on any atom is 0.306 e. The number of carbonyl (C=O) groups excluding carboxylic acids is 1. The Hall–Kier alpha value is -1.51. The molecule has 0 aliphatic carbocycles. The summed E-state index contributed by atoms with van der Waals surface area (Å²) in [7, 11) is 1.39. The average Bonchev–Trinajstić information content (AvgIpc) is 2.25. The summed E-state index contributed by atoms with van der Waals surface area (Å²) in [5, 5.41) is 9.42. The minimum Gasteiger partial charge on any atom is -0.508 e. The van der Waals surface area contributed by atoms with Crippen molar-refractivity contribution in [3.05, 3.63) is 29.8 Å². The molecule has 0 aliphatic heterocycles. The van der Waals surface area contributed by atoms with E-state index in [1.807, 2.05) is 6.07 Å². The standard InChI is InChI=1S/C13H18O3/c1-9(2)12(8-13(15)16-3)10-5-4-6-11(14)7-10/h4-7,9,12,14H,8H2,1-3H3. The van der Waals surface area contributed by atoms with Crippen LogP contribution in [-0.4, -0.2) is 18.2 Å². The minimum atomic E-state index is -0.220. The van der Waals surface area contributed by atoms with Crippen LogP contribution in [-0.2, 0) is 9.53 Å². The van der Waals surface area contributed by atoms with Gasteiger partial charge in [-0.15, -0.1) is 0 Å². The van der Waals surface area contributed by atoms with E-state index in [0.717, 1.165) is 5.56 Å². The summed E-state index contributed by atoms with van der Waals surface area (Å²) in [5.74, 6) is 0.413. The molecule has 0 aliphatic rings. The number of hydrogen-bond donors (Lipinski definition) is 1. The summed E-state index contributed by atoms with van der Waals surface area (Å²) in [6.45, 7) is 4.11. The third-order valence-corrected chi connectivity index (χ3v) is 2.72. The summed E-state index contributed by atoms with van der Waals surface area (Å²) >= 11 is 0. The first-order chi connectivity index (χ1) is 7.54. The van der Waals surface area contributed by atoms with Crippen molar-refractivity contribution in [1.29, 1.82) is 0 Å². The quantitative estimate of drug-likeness (QED) is 0.797. The van der Waals surface area contributed by atoms with Crippen molar-refractivity contribution in [1.82, 2.24) is 0 Å². The van der Waals surface area contributed by atoms with Crippen molar-refractivity contribution in [2.75, 3.05) is 7.11 Å². The number of phenolic OH excluding ortho intramolecular Hbond substituents is 1. The number of carbonyl (C=O) groups is 1. The maximum absolute atomic E-state index is 11.3. The van der Waals surface area contributed by atoms with Crippen LogP contribution < -0.4 is 0 Å². The van der Waals surface area contributed by atoms with Crippen LogP contribution in [0.2, 0.25) is 0 Å². The SMILES string of the molecule is COC(=O)CC(c1cccc(O)c1)C(C)C. The number of methoxy groups -OCH3 is 1. The highest BCUT2D eigenvalue weighted by Crippen LogP contribution is 2.30. The zero-order valence-corrected chi connectivity index (χ0v) is 9.93. The fraction of sp³-hybridized carbons (Fsp3) is 0.462. The van der Waals surface area contributed by atoms with Gasteiger partial charge >= 0.3 is 5.97 Å². The molecule has 0 bridgehead atoms. The third-order valence-electron chi connectivity index (χ3n) is 2.72. The van der Waals surface area contributed by atoms with E-state index in [4.69, 9.17) is 0 Å². The second-order valence-corrected chi connectivity index (χ2v) is 4.23. The molecular formula is C13H18O3. The lowest BCUT2D eigenvalue weighted by molar-refractivity contribution is -0.141. The molecule has 1 aromatic rings. The van der Waals surface area contributed by atoms with Crippen molar-refractivity contribution in [2.45, 2.75) is 26.2 Å². The number of esters is 1. The zero-order chi connectivity index (χ0) is 12.1. The number of phenols is 1. The minimum absolute atomic E-state index is 0.0829. The van der Waals surface area contributed by atoms with Gasteiger partial charge in [-0.25, -0.2) is 0 Å². The Morgan fingerprint density at radius 3 is 2.62 bits per heavy atom. The number of rotatable bonds is 4. The highest BCUT2D eigenvalue weighted by molar-refractivity contribution is 5.70. The predicted octanol–water partition coefficient (Wildman–Crippen LogP) is 2.69. The summed E-state index contributed by atoms with van der Waals surface area (Å²) in [6, 6.07) is 7.04. The Morgan fingerprint density at radius 1 is 1.44 bits per heavy atom. The lowest BCUT2D eigenvalue weighted by Gasteiger charge is -2.20. The van der Waals surface area contributed by atoms with Gasteiger partial charge in [-0.05, 0) is 29.5 Å². The van der Waals surface area contributed by atoms with E-state index >= 15 is 0 Å². The molecule has 1 rings (SSSR count). The molecule has 0 aromatic heterocycles. The van der Waals surface area contributed by atoms with E-state index in [-0.39, 0.29) is 17.6 Å². The molecule has 88 valence electrons. The van der Waals surface area contributed by atoms with E-state index in [0.29, 0.717) is 12.3 Å². The van der Waals surface area contributed by atoms with E-state index < -0.39 is 0 Å². The fourth-order valence-electron chi connectivity index (χ4n) is 1.76. The molecule has 1 N–H and O–H groups in total. The highest BCUT2D eigenvalue weighted by Gasteiger charge is 2.20. The van der Waals surface area contributed by atoms with E-state index in [1.165, 1.54) is 7.11 Å². The van der Waals surface area contributed by atoms with Gasteiger partial charge in [-0.2, -0.15) is 0 Å². The van der Waals surface area contributed by atoms with Gasteiger partial charge < -0.3 is 9.84 Å². The topological polar surface area (TPSA) is 46.5 Å². The molecule has 0 heterocycles. The highest BCUT2D eigenvalue weighted by atomic mass is 16.5. The van der Waals surface area contributed by atoms with Crippen LogP contribution in [0.15, 0.2) is 24.3 Å². The molecule has 3 nitrogen and oxygen atoms in total. The Labute approximate surface area is 96.1 Å². The molecule has 0 fully saturated rings. The summed E-state index contributed by atoms with van der Waals surface area (Å²) < 4.78 is 4.68. The second-order valence-electron chi connectivity index (χ2n) is 4.23. The maximum atomic E-state index is 11.3. The Balaban J connectivity index is 2.89.